The normalized spacial score (nSPS) is 12.1. The minimum atomic E-state index is -0.215. The van der Waals surface area contributed by atoms with Crippen molar-refractivity contribution in [3.8, 4) is 0 Å². The average molecular weight is 192 g/mol. The van der Waals surface area contributed by atoms with Gasteiger partial charge in [0.2, 0.25) is 0 Å². The van der Waals surface area contributed by atoms with Crippen molar-refractivity contribution in [3.05, 3.63) is 48.4 Å². The van der Waals surface area contributed by atoms with Crippen LogP contribution < -0.4 is 0 Å². The summed E-state index contributed by atoms with van der Waals surface area (Å²) >= 11 is 0. The quantitative estimate of drug-likeness (QED) is 0.722. The van der Waals surface area contributed by atoms with Crippen LogP contribution in [0.15, 0.2) is 42.9 Å². The molecular weight excluding hydrogens is 176 g/mol. The minimum absolute atomic E-state index is 0.0845. The highest BCUT2D eigenvalue weighted by Crippen LogP contribution is 2.23. The van der Waals surface area contributed by atoms with E-state index in [2.05, 4.69) is 13.5 Å². The van der Waals surface area contributed by atoms with Gasteiger partial charge >= 0.3 is 0 Å². The molecule has 0 saturated carbocycles. The predicted octanol–water partition coefficient (Wildman–Crippen LogP) is 3.57. The van der Waals surface area contributed by atoms with Crippen molar-refractivity contribution in [1.82, 2.24) is 0 Å². The van der Waals surface area contributed by atoms with Gasteiger partial charge in [-0.3, -0.25) is 0 Å². The molecule has 0 radical (unpaired) electrons. The largest absolute Gasteiger partial charge is 0.481 e. The molecular formula is C12H16O2. The summed E-state index contributed by atoms with van der Waals surface area (Å²) in [5.41, 5.74) is 1.07. The van der Waals surface area contributed by atoms with Crippen LogP contribution >= 0.6 is 0 Å². The first kappa shape index (κ1) is 10.6. The zero-order valence-corrected chi connectivity index (χ0v) is 8.44. The summed E-state index contributed by atoms with van der Waals surface area (Å²) in [5.74, 6) is -0.215. The molecule has 1 unspecified atom stereocenters. The second-order valence-electron chi connectivity index (χ2n) is 3.20. The van der Waals surface area contributed by atoms with E-state index in [0.29, 0.717) is 0 Å². The predicted molar refractivity (Wildman–Crippen MR) is 56.9 cm³/mol. The van der Waals surface area contributed by atoms with E-state index >= 15 is 0 Å². The highest BCUT2D eigenvalue weighted by atomic mass is 16.6. The van der Waals surface area contributed by atoms with E-state index in [4.69, 9.17) is 9.84 Å². The van der Waals surface area contributed by atoms with Gasteiger partial charge in [-0.15, -0.1) is 0 Å². The van der Waals surface area contributed by atoms with E-state index in [9.17, 15) is 0 Å². The van der Waals surface area contributed by atoms with Crippen LogP contribution in [0.25, 0.3) is 0 Å². The first-order chi connectivity index (χ1) is 6.74. The van der Waals surface area contributed by atoms with Crippen molar-refractivity contribution < 1.29 is 9.84 Å². The molecule has 0 aliphatic rings. The zero-order chi connectivity index (χ0) is 10.4. The van der Waals surface area contributed by atoms with Crippen LogP contribution in [0.3, 0.4) is 0 Å². The molecule has 1 N–H and O–H groups in total. The summed E-state index contributed by atoms with van der Waals surface area (Å²) in [6, 6.07) is 9.86. The third-order valence-corrected chi connectivity index (χ3v) is 2.00. The Morgan fingerprint density at radius 2 is 2.07 bits per heavy atom. The smallest absolute Gasteiger partial charge is 0.269 e. The van der Waals surface area contributed by atoms with Crippen molar-refractivity contribution in [2.45, 2.75) is 25.9 Å². The maximum absolute atomic E-state index is 8.99. The lowest BCUT2D eigenvalue weighted by Gasteiger charge is -2.17. The van der Waals surface area contributed by atoms with Gasteiger partial charge in [-0.25, -0.2) is 0 Å². The van der Waals surface area contributed by atoms with E-state index in [1.165, 1.54) is 0 Å². The second-order valence-corrected chi connectivity index (χ2v) is 3.20. The monoisotopic (exact) mass is 192 g/mol. The van der Waals surface area contributed by atoms with Crippen molar-refractivity contribution in [2.24, 2.45) is 0 Å². The van der Waals surface area contributed by atoms with E-state index in [0.717, 1.165) is 18.4 Å². The van der Waals surface area contributed by atoms with Crippen LogP contribution in [0.5, 0.6) is 0 Å². The van der Waals surface area contributed by atoms with Crippen molar-refractivity contribution in [3.63, 3.8) is 0 Å². The Kier molecular flexibility index (Phi) is 4.05. The molecule has 0 saturated heterocycles. The van der Waals surface area contributed by atoms with Crippen molar-refractivity contribution in [2.75, 3.05) is 0 Å². The van der Waals surface area contributed by atoms with Crippen LogP contribution in [-0.2, 0) is 4.74 Å². The minimum Gasteiger partial charge on any atom is -0.481 e. The van der Waals surface area contributed by atoms with Crippen molar-refractivity contribution in [1.29, 1.82) is 0 Å². The fraction of sp³-hybridized carbons (Fsp3) is 0.333. The van der Waals surface area contributed by atoms with Crippen LogP contribution in [0.1, 0.15) is 31.4 Å². The fourth-order valence-electron chi connectivity index (χ4n) is 1.39. The van der Waals surface area contributed by atoms with Crippen LogP contribution in [0.4, 0.5) is 0 Å². The second kappa shape index (κ2) is 5.32. The third kappa shape index (κ3) is 3.13. The average Bonchev–Trinajstić information content (AvgIpc) is 2.18. The van der Waals surface area contributed by atoms with Crippen LogP contribution in [-0.4, -0.2) is 5.11 Å². The maximum Gasteiger partial charge on any atom is 0.269 e. The molecule has 14 heavy (non-hydrogen) atoms. The maximum atomic E-state index is 8.99. The van der Waals surface area contributed by atoms with Gasteiger partial charge < -0.3 is 9.84 Å². The molecule has 0 aromatic heterocycles. The highest BCUT2D eigenvalue weighted by molar-refractivity contribution is 5.17. The van der Waals surface area contributed by atoms with E-state index in [1.807, 2.05) is 30.3 Å². The molecule has 0 fully saturated rings. The van der Waals surface area contributed by atoms with Gasteiger partial charge in [-0.1, -0.05) is 43.7 Å². The van der Waals surface area contributed by atoms with E-state index < -0.39 is 0 Å². The van der Waals surface area contributed by atoms with Gasteiger partial charge in [0.25, 0.3) is 5.95 Å². The molecule has 0 heterocycles. The van der Waals surface area contributed by atoms with Crippen LogP contribution in [0.2, 0.25) is 0 Å². The molecule has 76 valence electrons. The third-order valence-electron chi connectivity index (χ3n) is 2.00. The molecule has 1 aromatic rings. The standard InChI is InChI=1S/C12H16O2/c1-3-7-12(14-10(2)13)11-8-5-4-6-9-11/h4-6,8-9,12-13H,2-3,7H2,1H3. The number of aliphatic hydroxyl groups is 1. The Morgan fingerprint density at radius 3 is 2.57 bits per heavy atom. The molecule has 1 aromatic carbocycles. The molecule has 2 nitrogen and oxygen atoms in total. The van der Waals surface area contributed by atoms with Crippen molar-refractivity contribution >= 4 is 0 Å². The topological polar surface area (TPSA) is 29.5 Å². The number of aliphatic hydroxyl groups excluding tert-OH is 1. The number of hydrogen-bond acceptors (Lipinski definition) is 2. The SMILES string of the molecule is C=C(O)OC(CCC)c1ccccc1. The lowest BCUT2D eigenvalue weighted by atomic mass is 10.1. The molecule has 1 atom stereocenters. The Bertz CT molecular complexity index is 280. The number of benzene rings is 1. The highest BCUT2D eigenvalue weighted by Gasteiger charge is 2.11. The molecule has 0 aliphatic carbocycles. The molecule has 2 heteroatoms. The number of rotatable bonds is 5. The molecule has 0 spiro atoms. The Labute approximate surface area is 84.8 Å². The van der Waals surface area contributed by atoms with E-state index in [-0.39, 0.29) is 12.0 Å². The lowest BCUT2D eigenvalue weighted by molar-refractivity contribution is 0.0279. The first-order valence-electron chi connectivity index (χ1n) is 4.83. The Morgan fingerprint density at radius 1 is 1.43 bits per heavy atom. The summed E-state index contributed by atoms with van der Waals surface area (Å²) in [7, 11) is 0. The van der Waals surface area contributed by atoms with Gasteiger partial charge in [0.05, 0.1) is 0 Å². The summed E-state index contributed by atoms with van der Waals surface area (Å²) in [6.07, 6.45) is 1.80. The summed E-state index contributed by atoms with van der Waals surface area (Å²) in [6.45, 7) is 5.42. The molecule has 0 aliphatic heterocycles. The molecule has 0 bridgehead atoms. The summed E-state index contributed by atoms with van der Waals surface area (Å²) < 4.78 is 5.24. The number of ether oxygens (including phenoxy) is 1. The van der Waals surface area contributed by atoms with Gasteiger partial charge in [0, 0.05) is 0 Å². The lowest BCUT2D eigenvalue weighted by Crippen LogP contribution is -2.03. The van der Waals surface area contributed by atoms with Gasteiger partial charge in [-0.2, -0.15) is 0 Å². The zero-order valence-electron chi connectivity index (χ0n) is 8.44. The Balaban J connectivity index is 2.72. The molecule has 0 amide bonds. The summed E-state index contributed by atoms with van der Waals surface area (Å²) in [4.78, 5) is 0. The van der Waals surface area contributed by atoms with E-state index in [1.54, 1.807) is 0 Å². The Hall–Kier alpha value is -1.44. The first-order valence-corrected chi connectivity index (χ1v) is 4.83. The fourth-order valence-corrected chi connectivity index (χ4v) is 1.39. The van der Waals surface area contributed by atoms with Crippen LogP contribution in [0, 0.1) is 0 Å². The van der Waals surface area contributed by atoms with Gasteiger partial charge in [-0.05, 0) is 18.6 Å². The summed E-state index contributed by atoms with van der Waals surface area (Å²) in [5, 5.41) is 8.99. The van der Waals surface area contributed by atoms with Gasteiger partial charge in [0.1, 0.15) is 6.10 Å². The van der Waals surface area contributed by atoms with Gasteiger partial charge in [0.15, 0.2) is 0 Å². The number of hydrogen-bond donors (Lipinski definition) is 1. The molecule has 1 rings (SSSR count).